The van der Waals surface area contributed by atoms with Gasteiger partial charge in [-0.1, -0.05) is 11.2 Å². The molecule has 8 heteroatoms. The lowest BCUT2D eigenvalue weighted by Gasteiger charge is -2.22. The number of benzene rings is 2. The summed E-state index contributed by atoms with van der Waals surface area (Å²) < 4.78 is 15.4. The first kappa shape index (κ1) is 19.6. The monoisotopic (exact) mass is 407 g/mol. The third kappa shape index (κ3) is 3.76. The zero-order valence-electron chi connectivity index (χ0n) is 16.7. The van der Waals surface area contributed by atoms with Crippen molar-refractivity contribution in [1.82, 2.24) is 15.0 Å². The van der Waals surface area contributed by atoms with Gasteiger partial charge in [-0.2, -0.15) is 4.98 Å². The normalized spacial score (nSPS) is 15.8. The van der Waals surface area contributed by atoms with Crippen LogP contribution in [0.5, 0.6) is 5.75 Å². The second-order valence-electron chi connectivity index (χ2n) is 6.91. The number of methoxy groups -OCH3 is 2. The van der Waals surface area contributed by atoms with Gasteiger partial charge >= 0.3 is 5.97 Å². The number of esters is 1. The van der Waals surface area contributed by atoms with Crippen LogP contribution in [0.3, 0.4) is 0 Å². The molecule has 1 atom stereocenters. The first-order valence-corrected chi connectivity index (χ1v) is 9.58. The molecule has 0 unspecified atom stereocenters. The summed E-state index contributed by atoms with van der Waals surface area (Å²) in [7, 11) is 2.91. The maximum Gasteiger partial charge on any atom is 0.337 e. The van der Waals surface area contributed by atoms with Gasteiger partial charge in [-0.25, -0.2) is 4.79 Å². The largest absolute Gasteiger partial charge is 0.497 e. The number of carbonyl (C=O) groups is 2. The van der Waals surface area contributed by atoms with Gasteiger partial charge in [0.05, 0.1) is 19.8 Å². The van der Waals surface area contributed by atoms with E-state index in [2.05, 4.69) is 10.1 Å². The highest BCUT2D eigenvalue weighted by atomic mass is 16.5. The SMILES string of the molecule is COC(=O)c1cccc(C(=O)N2CCC[C@H]2c2nc(-c3ccc(OC)cc3)no2)c1. The number of hydrogen-bond acceptors (Lipinski definition) is 7. The Hall–Kier alpha value is -3.68. The predicted molar refractivity (Wildman–Crippen MR) is 107 cm³/mol. The summed E-state index contributed by atoms with van der Waals surface area (Å²) in [5.41, 5.74) is 1.55. The Morgan fingerprint density at radius 3 is 2.60 bits per heavy atom. The lowest BCUT2D eigenvalue weighted by Crippen LogP contribution is -2.30. The van der Waals surface area contributed by atoms with Gasteiger partial charge in [0, 0.05) is 17.7 Å². The van der Waals surface area contributed by atoms with E-state index in [4.69, 9.17) is 14.0 Å². The van der Waals surface area contributed by atoms with E-state index in [1.807, 2.05) is 24.3 Å². The summed E-state index contributed by atoms with van der Waals surface area (Å²) in [5.74, 6) is 0.927. The molecule has 1 saturated heterocycles. The molecular formula is C22H21N3O5. The number of ether oxygens (including phenoxy) is 2. The standard InChI is InChI=1S/C22H21N3O5/c1-28-17-10-8-14(9-11-17)19-23-20(30-24-19)18-7-4-12-25(18)21(26)15-5-3-6-16(13-15)22(27)29-2/h3,5-6,8-11,13,18H,4,7,12H2,1-2H3/t18-/m0/s1. The summed E-state index contributed by atoms with van der Waals surface area (Å²) in [5, 5.41) is 4.08. The summed E-state index contributed by atoms with van der Waals surface area (Å²) in [6, 6.07) is 13.5. The first-order chi connectivity index (χ1) is 14.6. The van der Waals surface area contributed by atoms with Crippen molar-refractivity contribution in [3.05, 3.63) is 65.5 Å². The first-order valence-electron chi connectivity index (χ1n) is 9.58. The zero-order chi connectivity index (χ0) is 21.1. The van der Waals surface area contributed by atoms with Crippen LogP contribution in [0.25, 0.3) is 11.4 Å². The van der Waals surface area contributed by atoms with Crippen LogP contribution in [0.15, 0.2) is 53.1 Å². The number of aromatic nitrogens is 2. The summed E-state index contributed by atoms with van der Waals surface area (Å²) in [4.78, 5) is 31.1. The van der Waals surface area contributed by atoms with Crippen molar-refractivity contribution in [2.75, 3.05) is 20.8 Å². The third-order valence-corrected chi connectivity index (χ3v) is 5.12. The number of carbonyl (C=O) groups excluding carboxylic acids is 2. The van der Waals surface area contributed by atoms with Crippen molar-refractivity contribution in [3.8, 4) is 17.1 Å². The van der Waals surface area contributed by atoms with Crippen LogP contribution in [-0.2, 0) is 4.74 Å². The van der Waals surface area contributed by atoms with Gasteiger partial charge < -0.3 is 18.9 Å². The molecule has 0 bridgehead atoms. The second kappa shape index (κ2) is 8.36. The molecule has 1 fully saturated rings. The molecule has 0 aliphatic carbocycles. The summed E-state index contributed by atoms with van der Waals surface area (Å²) in [6.07, 6.45) is 1.56. The van der Waals surface area contributed by atoms with Gasteiger partial charge in [-0.3, -0.25) is 4.79 Å². The van der Waals surface area contributed by atoms with Crippen LogP contribution in [-0.4, -0.2) is 47.7 Å². The second-order valence-corrected chi connectivity index (χ2v) is 6.91. The van der Waals surface area contributed by atoms with Crippen LogP contribution in [0, 0.1) is 0 Å². The van der Waals surface area contributed by atoms with Gasteiger partial charge in [0.15, 0.2) is 0 Å². The van der Waals surface area contributed by atoms with Gasteiger partial charge in [0.1, 0.15) is 11.8 Å². The van der Waals surface area contributed by atoms with Gasteiger partial charge in [0.2, 0.25) is 11.7 Å². The molecule has 0 spiro atoms. The molecule has 0 N–H and O–H groups in total. The summed E-state index contributed by atoms with van der Waals surface area (Å²) >= 11 is 0. The topological polar surface area (TPSA) is 94.8 Å². The average Bonchev–Trinajstić information content (AvgIpc) is 3.48. The average molecular weight is 407 g/mol. The number of likely N-dealkylation sites (tertiary alicyclic amines) is 1. The highest BCUT2D eigenvalue weighted by Gasteiger charge is 2.34. The highest BCUT2D eigenvalue weighted by Crippen LogP contribution is 2.33. The lowest BCUT2D eigenvalue weighted by molar-refractivity contribution is 0.0600. The fourth-order valence-electron chi connectivity index (χ4n) is 3.56. The van der Waals surface area contributed by atoms with Gasteiger partial charge in [-0.15, -0.1) is 0 Å². The number of rotatable bonds is 5. The van der Waals surface area contributed by atoms with E-state index in [1.54, 1.807) is 36.3 Å². The molecule has 1 aromatic heterocycles. The molecule has 154 valence electrons. The lowest BCUT2D eigenvalue weighted by atomic mass is 10.1. The van der Waals surface area contributed by atoms with E-state index in [0.717, 1.165) is 24.2 Å². The molecule has 0 radical (unpaired) electrons. The molecule has 8 nitrogen and oxygen atoms in total. The Balaban J connectivity index is 1.56. The van der Waals surface area contributed by atoms with E-state index >= 15 is 0 Å². The van der Waals surface area contributed by atoms with Gasteiger partial charge in [0.25, 0.3) is 5.91 Å². The molecule has 1 aliphatic heterocycles. The van der Waals surface area contributed by atoms with Crippen molar-refractivity contribution in [1.29, 1.82) is 0 Å². The molecule has 2 heterocycles. The molecule has 0 saturated carbocycles. The van der Waals surface area contributed by atoms with Crippen molar-refractivity contribution < 1.29 is 23.6 Å². The Bertz CT molecular complexity index is 1060. The van der Waals surface area contributed by atoms with Crippen LogP contribution >= 0.6 is 0 Å². The molecule has 3 aromatic rings. The highest BCUT2D eigenvalue weighted by molar-refractivity contribution is 5.98. The number of amides is 1. The minimum absolute atomic E-state index is 0.188. The van der Waals surface area contributed by atoms with E-state index in [1.165, 1.54) is 7.11 Å². The molecular weight excluding hydrogens is 386 g/mol. The minimum atomic E-state index is -0.483. The Labute approximate surface area is 173 Å². The summed E-state index contributed by atoms with van der Waals surface area (Å²) in [6.45, 7) is 0.576. The van der Waals surface area contributed by atoms with Crippen molar-refractivity contribution in [2.24, 2.45) is 0 Å². The van der Waals surface area contributed by atoms with Crippen molar-refractivity contribution >= 4 is 11.9 Å². The molecule has 1 amide bonds. The Morgan fingerprint density at radius 1 is 1.10 bits per heavy atom. The number of nitrogens with zero attached hydrogens (tertiary/aromatic N) is 3. The Kier molecular flexibility index (Phi) is 5.47. The molecule has 30 heavy (non-hydrogen) atoms. The van der Waals surface area contributed by atoms with Crippen molar-refractivity contribution in [3.63, 3.8) is 0 Å². The fourth-order valence-corrected chi connectivity index (χ4v) is 3.56. The van der Waals surface area contributed by atoms with Gasteiger partial charge in [-0.05, 0) is 55.3 Å². The smallest absolute Gasteiger partial charge is 0.337 e. The van der Waals surface area contributed by atoms with E-state index in [0.29, 0.717) is 29.4 Å². The maximum absolute atomic E-state index is 13.1. The van der Waals surface area contributed by atoms with Crippen LogP contribution in [0.2, 0.25) is 0 Å². The predicted octanol–water partition coefficient (Wildman–Crippen LogP) is 3.51. The molecule has 1 aliphatic rings. The zero-order valence-corrected chi connectivity index (χ0v) is 16.7. The Morgan fingerprint density at radius 2 is 1.87 bits per heavy atom. The van der Waals surface area contributed by atoms with Crippen molar-refractivity contribution in [2.45, 2.75) is 18.9 Å². The van der Waals surface area contributed by atoms with Crippen LogP contribution < -0.4 is 4.74 Å². The van der Waals surface area contributed by atoms with Crippen LogP contribution in [0.1, 0.15) is 45.5 Å². The van der Waals surface area contributed by atoms with E-state index in [-0.39, 0.29) is 11.9 Å². The number of hydrogen-bond donors (Lipinski definition) is 0. The minimum Gasteiger partial charge on any atom is -0.497 e. The molecule has 4 rings (SSSR count). The molecule has 2 aromatic carbocycles. The van der Waals surface area contributed by atoms with E-state index in [9.17, 15) is 9.59 Å². The third-order valence-electron chi connectivity index (χ3n) is 5.12. The fraction of sp³-hybridized carbons (Fsp3) is 0.273. The van der Waals surface area contributed by atoms with Crippen LogP contribution in [0.4, 0.5) is 0 Å². The maximum atomic E-state index is 13.1. The quantitative estimate of drug-likeness (QED) is 0.597. The van der Waals surface area contributed by atoms with E-state index < -0.39 is 5.97 Å².